The zero-order chi connectivity index (χ0) is 16.7. The van der Waals surface area contributed by atoms with Crippen molar-refractivity contribution in [2.45, 2.75) is 13.3 Å². The number of amides is 1. The quantitative estimate of drug-likeness (QED) is 0.855. The van der Waals surface area contributed by atoms with Gasteiger partial charge in [0.15, 0.2) is 0 Å². The number of rotatable bonds is 7. The molecule has 0 saturated heterocycles. The van der Waals surface area contributed by atoms with Gasteiger partial charge in [-0.3, -0.25) is 4.79 Å². The zero-order valence-corrected chi connectivity index (χ0v) is 14.0. The van der Waals surface area contributed by atoms with Crippen LogP contribution in [0.4, 0.5) is 5.69 Å². The molecule has 0 aromatic heterocycles. The lowest BCUT2D eigenvalue weighted by atomic mass is 10.1. The van der Waals surface area contributed by atoms with E-state index in [1.54, 1.807) is 7.11 Å². The van der Waals surface area contributed by atoms with Gasteiger partial charge >= 0.3 is 0 Å². The topological polar surface area (TPSA) is 41.6 Å². The van der Waals surface area contributed by atoms with Crippen molar-refractivity contribution in [3.63, 3.8) is 0 Å². The Morgan fingerprint density at radius 2 is 1.91 bits per heavy atom. The molecular formula is C19H24N2O2. The number of carbonyl (C=O) groups is 1. The average molecular weight is 312 g/mol. The number of nitrogens with one attached hydrogen (secondary N) is 1. The molecule has 0 aliphatic rings. The molecule has 1 amide bonds. The van der Waals surface area contributed by atoms with Crippen molar-refractivity contribution in [1.29, 1.82) is 0 Å². The number of benzene rings is 2. The number of anilines is 1. The molecule has 0 radical (unpaired) electrons. The first kappa shape index (κ1) is 16.9. The van der Waals surface area contributed by atoms with Crippen molar-refractivity contribution in [1.82, 2.24) is 5.32 Å². The van der Waals surface area contributed by atoms with Crippen LogP contribution in [0.5, 0.6) is 5.75 Å². The molecule has 2 aromatic carbocycles. The first-order valence-electron chi connectivity index (χ1n) is 7.76. The van der Waals surface area contributed by atoms with Crippen molar-refractivity contribution < 1.29 is 9.53 Å². The van der Waals surface area contributed by atoms with Crippen molar-refractivity contribution >= 4 is 11.6 Å². The standard InChI is InChI=1S/C19H24N2O2/c1-15-13-16(9-10-18(15)23-3)14-19(22)20-11-12-21(2)17-7-5-4-6-8-17/h4-10,13H,11-12,14H2,1-3H3,(H,20,22). The van der Waals surface area contributed by atoms with E-state index < -0.39 is 0 Å². The molecule has 2 rings (SSSR count). The van der Waals surface area contributed by atoms with E-state index in [1.165, 1.54) is 0 Å². The minimum atomic E-state index is 0.0380. The van der Waals surface area contributed by atoms with Gasteiger partial charge in [0.25, 0.3) is 0 Å². The fourth-order valence-corrected chi connectivity index (χ4v) is 2.47. The Hall–Kier alpha value is -2.49. The largest absolute Gasteiger partial charge is 0.496 e. The van der Waals surface area contributed by atoms with Gasteiger partial charge in [-0.15, -0.1) is 0 Å². The summed E-state index contributed by atoms with van der Waals surface area (Å²) >= 11 is 0. The predicted octanol–water partition coefficient (Wildman–Crippen LogP) is 2.80. The van der Waals surface area contributed by atoms with Gasteiger partial charge in [-0.05, 0) is 36.2 Å². The van der Waals surface area contributed by atoms with Crippen LogP contribution in [0, 0.1) is 6.92 Å². The summed E-state index contributed by atoms with van der Waals surface area (Å²) in [4.78, 5) is 14.2. The number of likely N-dealkylation sites (N-methyl/N-ethyl adjacent to an activating group) is 1. The number of carbonyl (C=O) groups excluding carboxylic acids is 1. The third-order valence-corrected chi connectivity index (χ3v) is 3.79. The maximum absolute atomic E-state index is 12.0. The molecule has 1 N–H and O–H groups in total. The summed E-state index contributed by atoms with van der Waals surface area (Å²) in [6, 6.07) is 16.0. The van der Waals surface area contributed by atoms with Crippen LogP contribution in [-0.2, 0) is 11.2 Å². The summed E-state index contributed by atoms with van der Waals surface area (Å²) in [5.41, 5.74) is 3.19. The fourth-order valence-electron chi connectivity index (χ4n) is 2.47. The first-order valence-corrected chi connectivity index (χ1v) is 7.76. The molecule has 23 heavy (non-hydrogen) atoms. The van der Waals surface area contributed by atoms with Gasteiger partial charge in [0.1, 0.15) is 5.75 Å². The molecule has 0 heterocycles. The van der Waals surface area contributed by atoms with Crippen molar-refractivity contribution in [2.75, 3.05) is 32.1 Å². The molecule has 0 spiro atoms. The van der Waals surface area contributed by atoms with Gasteiger partial charge in [-0.25, -0.2) is 0 Å². The van der Waals surface area contributed by atoms with Crippen LogP contribution in [0.15, 0.2) is 48.5 Å². The number of hydrogen-bond donors (Lipinski definition) is 1. The summed E-state index contributed by atoms with van der Waals surface area (Å²) in [6.07, 6.45) is 0.389. The van der Waals surface area contributed by atoms with E-state index in [0.717, 1.165) is 29.1 Å². The molecule has 0 saturated carbocycles. The monoisotopic (exact) mass is 312 g/mol. The molecule has 4 nitrogen and oxygen atoms in total. The van der Waals surface area contributed by atoms with E-state index in [9.17, 15) is 4.79 Å². The van der Waals surface area contributed by atoms with Gasteiger partial charge < -0.3 is 15.0 Å². The van der Waals surface area contributed by atoms with Gasteiger partial charge in [0, 0.05) is 25.8 Å². The fraction of sp³-hybridized carbons (Fsp3) is 0.316. The van der Waals surface area contributed by atoms with Crippen molar-refractivity contribution in [2.24, 2.45) is 0 Å². The number of aryl methyl sites for hydroxylation is 1. The van der Waals surface area contributed by atoms with Crippen LogP contribution in [0.1, 0.15) is 11.1 Å². The van der Waals surface area contributed by atoms with Crippen LogP contribution in [-0.4, -0.2) is 33.2 Å². The Balaban J connectivity index is 1.78. The Morgan fingerprint density at radius 3 is 2.57 bits per heavy atom. The summed E-state index contributed by atoms with van der Waals surface area (Å²) in [5, 5.41) is 2.97. The van der Waals surface area contributed by atoms with Crippen LogP contribution in [0.3, 0.4) is 0 Å². The van der Waals surface area contributed by atoms with Crippen molar-refractivity contribution in [3.8, 4) is 5.75 Å². The molecule has 0 aliphatic carbocycles. The summed E-state index contributed by atoms with van der Waals surface area (Å²) in [7, 11) is 3.67. The summed E-state index contributed by atoms with van der Waals surface area (Å²) < 4.78 is 5.23. The number of nitrogens with zero attached hydrogens (tertiary/aromatic N) is 1. The lowest BCUT2D eigenvalue weighted by Crippen LogP contribution is -2.33. The van der Waals surface area contributed by atoms with E-state index in [1.807, 2.05) is 50.4 Å². The highest BCUT2D eigenvalue weighted by atomic mass is 16.5. The highest BCUT2D eigenvalue weighted by Gasteiger charge is 2.06. The summed E-state index contributed by atoms with van der Waals surface area (Å²) in [5.74, 6) is 0.884. The number of methoxy groups -OCH3 is 1. The third kappa shape index (κ3) is 5.02. The molecule has 0 unspecified atom stereocenters. The summed E-state index contributed by atoms with van der Waals surface area (Å²) in [6.45, 7) is 3.38. The molecular weight excluding hydrogens is 288 g/mol. The smallest absolute Gasteiger partial charge is 0.224 e. The molecule has 0 bridgehead atoms. The molecule has 4 heteroatoms. The highest BCUT2D eigenvalue weighted by Crippen LogP contribution is 2.18. The Kier molecular flexibility index (Phi) is 6.03. The number of para-hydroxylation sites is 1. The Bertz CT molecular complexity index is 641. The van der Waals surface area contributed by atoms with E-state index >= 15 is 0 Å². The Labute approximate surface area is 138 Å². The molecule has 0 atom stereocenters. The molecule has 122 valence electrons. The van der Waals surface area contributed by atoms with Gasteiger partial charge in [0.05, 0.1) is 13.5 Å². The van der Waals surface area contributed by atoms with Crippen LogP contribution in [0.2, 0.25) is 0 Å². The maximum Gasteiger partial charge on any atom is 0.224 e. The van der Waals surface area contributed by atoms with E-state index in [4.69, 9.17) is 4.74 Å². The van der Waals surface area contributed by atoms with Gasteiger partial charge in [0.2, 0.25) is 5.91 Å². The normalized spacial score (nSPS) is 10.2. The maximum atomic E-state index is 12.0. The second kappa shape index (κ2) is 8.22. The predicted molar refractivity (Wildman–Crippen MR) is 94.2 cm³/mol. The number of hydrogen-bond acceptors (Lipinski definition) is 3. The SMILES string of the molecule is COc1ccc(CC(=O)NCCN(C)c2ccccc2)cc1C. The van der Waals surface area contributed by atoms with Crippen LogP contribution < -0.4 is 15.0 Å². The zero-order valence-electron chi connectivity index (χ0n) is 14.0. The average Bonchev–Trinajstić information content (AvgIpc) is 2.55. The Morgan fingerprint density at radius 1 is 1.17 bits per heavy atom. The molecule has 0 aliphatic heterocycles. The first-order chi connectivity index (χ1) is 11.1. The third-order valence-electron chi connectivity index (χ3n) is 3.79. The van der Waals surface area contributed by atoms with Gasteiger partial charge in [-0.2, -0.15) is 0 Å². The molecule has 2 aromatic rings. The van der Waals surface area contributed by atoms with E-state index in [0.29, 0.717) is 13.0 Å². The second-order valence-corrected chi connectivity index (χ2v) is 5.59. The minimum Gasteiger partial charge on any atom is -0.496 e. The van der Waals surface area contributed by atoms with E-state index in [-0.39, 0.29) is 5.91 Å². The van der Waals surface area contributed by atoms with Crippen molar-refractivity contribution in [3.05, 3.63) is 59.7 Å². The van der Waals surface area contributed by atoms with E-state index in [2.05, 4.69) is 22.3 Å². The van der Waals surface area contributed by atoms with Gasteiger partial charge in [-0.1, -0.05) is 30.3 Å². The number of ether oxygens (including phenoxy) is 1. The minimum absolute atomic E-state index is 0.0380. The van der Waals surface area contributed by atoms with Crippen LogP contribution >= 0.6 is 0 Å². The highest BCUT2D eigenvalue weighted by molar-refractivity contribution is 5.78. The van der Waals surface area contributed by atoms with Crippen LogP contribution in [0.25, 0.3) is 0 Å². The lowest BCUT2D eigenvalue weighted by Gasteiger charge is -2.19. The second-order valence-electron chi connectivity index (χ2n) is 5.59. The lowest BCUT2D eigenvalue weighted by molar-refractivity contribution is -0.120. The molecule has 0 fully saturated rings.